The number of hydrogen-bond acceptors (Lipinski definition) is 6. The van der Waals surface area contributed by atoms with Gasteiger partial charge in [-0.05, 0) is 217 Å². The summed E-state index contributed by atoms with van der Waals surface area (Å²) in [6.45, 7) is 24.1. The van der Waals surface area contributed by atoms with E-state index in [1.165, 1.54) is 141 Å². The van der Waals surface area contributed by atoms with Crippen LogP contribution in [-0.2, 0) is 0 Å². The summed E-state index contributed by atoms with van der Waals surface area (Å²) in [5.74, 6) is 0.840. The molecule has 0 spiro atoms. The van der Waals surface area contributed by atoms with Gasteiger partial charge in [0.2, 0.25) is 0 Å². The van der Waals surface area contributed by atoms with Gasteiger partial charge in [-0.3, -0.25) is 0 Å². The third-order valence-corrected chi connectivity index (χ3v) is 27.1. The predicted molar refractivity (Wildman–Crippen MR) is 540 cm³/mol. The molecule has 8 heterocycles. The molecule has 26 aromatic rings. The lowest BCUT2D eigenvalue weighted by Crippen LogP contribution is -2.10. The van der Waals surface area contributed by atoms with Gasteiger partial charge in [0.15, 0.2) is 11.4 Å². The number of para-hydroxylation sites is 6. The molecule has 0 aliphatic rings. The lowest BCUT2D eigenvalue weighted by molar-refractivity contribution is 0.866. The highest BCUT2D eigenvalue weighted by atomic mass is 15.2. The molecule has 0 unspecified atom stereocenters. The molecular formula is C118H76N12. The molecule has 0 aliphatic heterocycles. The molecule has 0 saturated carbocycles. The van der Waals surface area contributed by atoms with Crippen LogP contribution in [0.2, 0.25) is 0 Å². The van der Waals surface area contributed by atoms with Crippen molar-refractivity contribution in [3.8, 4) is 12.1 Å². The molecule has 26 rings (SSSR count). The molecule has 0 N–H and O–H groups in total. The molecule has 608 valence electrons. The van der Waals surface area contributed by atoms with Gasteiger partial charge < -0.3 is 37.2 Å². The van der Waals surface area contributed by atoms with Gasteiger partial charge in [0.25, 0.3) is 0 Å². The quantitative estimate of drug-likeness (QED) is 0.101. The molecule has 12 nitrogen and oxygen atoms in total. The third-order valence-electron chi connectivity index (χ3n) is 27.1. The minimum Gasteiger partial charge on any atom is -0.310 e. The van der Waals surface area contributed by atoms with Crippen LogP contribution in [0.3, 0.4) is 0 Å². The summed E-state index contributed by atoms with van der Waals surface area (Å²) in [7, 11) is 0. The van der Waals surface area contributed by atoms with E-state index < -0.39 is 0 Å². The summed E-state index contributed by atoms with van der Waals surface area (Å²) in [6, 6.07) is 138. The molecule has 12 heteroatoms. The fraction of sp³-hybridized carbons (Fsp3) is 0.0508. The van der Waals surface area contributed by atoms with E-state index in [2.05, 4.69) is 378 Å². The Bertz CT molecular complexity index is 8720. The summed E-state index contributed by atoms with van der Waals surface area (Å²) in [5.41, 5.74) is 31.8. The number of nitriles is 2. The smallest absolute Gasteiger partial charge is 0.187 e. The van der Waals surface area contributed by atoms with Crippen molar-refractivity contribution < 1.29 is 0 Å². The second kappa shape index (κ2) is 29.0. The number of rotatable bonds is 14. The van der Waals surface area contributed by atoms with Crippen molar-refractivity contribution >= 4 is 232 Å². The Kier molecular flexibility index (Phi) is 16.7. The zero-order valence-corrected chi connectivity index (χ0v) is 71.3. The van der Waals surface area contributed by atoms with Gasteiger partial charge in [-0.25, -0.2) is 9.69 Å². The Hall–Kier alpha value is -17.7. The average Bonchev–Trinajstić information content (AvgIpc) is 1.52. The Morgan fingerprint density at radius 1 is 0.231 bits per heavy atom. The minimum absolute atomic E-state index is 0.419. The number of nitrogens with zero attached hydrogens (tertiary/aromatic N) is 12. The van der Waals surface area contributed by atoms with Crippen molar-refractivity contribution in [1.82, 2.24) is 17.6 Å². The van der Waals surface area contributed by atoms with Crippen LogP contribution in [-0.4, -0.2) is 17.6 Å². The van der Waals surface area contributed by atoms with E-state index >= 15 is 0 Å². The molecule has 0 amide bonds. The third kappa shape index (κ3) is 11.0. The summed E-state index contributed by atoms with van der Waals surface area (Å²) in [6.07, 6.45) is 0. The van der Waals surface area contributed by atoms with Crippen LogP contribution in [0, 0.1) is 35.8 Å². The maximum atomic E-state index is 9.71. The fourth-order valence-corrected chi connectivity index (χ4v) is 21.4. The Morgan fingerprint density at radius 2 is 0.454 bits per heavy atom. The molecule has 8 aromatic heterocycles. The highest BCUT2D eigenvalue weighted by Crippen LogP contribution is 2.55. The molecule has 130 heavy (non-hydrogen) atoms. The zero-order valence-electron chi connectivity index (χ0n) is 71.3. The average molecular weight is 1660 g/mol. The van der Waals surface area contributed by atoms with Crippen LogP contribution in [0.1, 0.15) is 61.8 Å². The van der Waals surface area contributed by atoms with E-state index in [1.807, 2.05) is 84.9 Å². The number of anilines is 12. The highest BCUT2D eigenvalue weighted by Gasteiger charge is 2.31. The maximum absolute atomic E-state index is 9.71. The summed E-state index contributed by atoms with van der Waals surface area (Å²) < 4.78 is 9.93. The summed E-state index contributed by atoms with van der Waals surface area (Å²) in [4.78, 5) is 16.7. The van der Waals surface area contributed by atoms with Crippen molar-refractivity contribution in [2.45, 2.75) is 39.5 Å². The van der Waals surface area contributed by atoms with Crippen LogP contribution in [0.25, 0.3) is 162 Å². The van der Waals surface area contributed by atoms with Crippen LogP contribution in [0.4, 0.5) is 79.6 Å². The molecule has 0 bridgehead atoms. The van der Waals surface area contributed by atoms with E-state index in [4.69, 9.17) is 13.1 Å². The molecule has 0 atom stereocenters. The first-order chi connectivity index (χ1) is 64.0. The SMILES string of the molecule is [C-]#[N+]c1ccc(N(c2ccc(C(C)C)cc2)c2cccc3c2c2cccc4c5cc6c(cc5n3c42)c2cccc3c4c(N(c5ccc(C#N)cc5)c5ccc(C(C)C)cc5)cccc4n6c23)cc1.[C-]#[N+]c1ccc(N(c2ccccc2)c2cccc3c2c2cccc4c5cc6c(cc5n3c42)c2cccc3c4c(N(c5ccccc5)c5ccc(C#N)cc5)cccc4n6c23)cc1. The lowest BCUT2D eigenvalue weighted by atomic mass is 10.0. The Balaban J connectivity index is 0.000000141. The number of hydrogen-bond donors (Lipinski definition) is 0. The normalized spacial score (nSPS) is 12.0. The van der Waals surface area contributed by atoms with E-state index in [0.29, 0.717) is 34.3 Å². The molecule has 0 saturated heterocycles. The zero-order chi connectivity index (χ0) is 87.0. The molecule has 18 aromatic carbocycles. The molecular weight excluding hydrogens is 1590 g/mol. The van der Waals surface area contributed by atoms with Crippen molar-refractivity contribution in [3.05, 3.63) is 421 Å². The first-order valence-corrected chi connectivity index (χ1v) is 44.1. The standard InChI is InChI=1S/C62H44N6.C56H32N6/c1-37(2)40-20-28-44(29-21-40)65(43-26-18-39(36-63)19-27-43)53-14-8-16-55-59(53)49-12-6-10-47-51-35-58-52(34-57(51)67(55)61(47)49)48-11-7-13-50-60-54(15-9-17-56(60)68(58)62(48)50)66(46-32-24-42(64-5)25-33-46)45-30-22-41(23-31-45)38(3)4;1-58-36-26-30-40(31-27-36)60(38-14-6-3-7-15-38)48-21-11-23-50-54(48)44-19-9-17-42-46-32-51-45(33-52(46)62(50)56(42)44)41-16-8-18-43-53-47(20-10-22-49(53)61(51)55(41)43)59(37-12-4-2-5-13-37)39-28-24-35(34-57)25-29-39/h6-35,37-38H,1-4H3;2-33H. The summed E-state index contributed by atoms with van der Waals surface area (Å²) >= 11 is 0. The Morgan fingerprint density at radius 3 is 0.692 bits per heavy atom. The predicted octanol–water partition coefficient (Wildman–Crippen LogP) is 32.9. The fourth-order valence-electron chi connectivity index (χ4n) is 21.4. The lowest BCUT2D eigenvalue weighted by Gasteiger charge is -2.27. The van der Waals surface area contributed by atoms with Crippen molar-refractivity contribution in [2.75, 3.05) is 19.6 Å². The number of aromatic nitrogens is 4. The molecule has 0 aliphatic carbocycles. The van der Waals surface area contributed by atoms with Crippen LogP contribution < -0.4 is 19.6 Å². The van der Waals surface area contributed by atoms with Gasteiger partial charge in [0, 0.05) is 132 Å². The first-order valence-electron chi connectivity index (χ1n) is 44.1. The first kappa shape index (κ1) is 74.9. The van der Waals surface area contributed by atoms with Gasteiger partial charge in [-0.1, -0.05) is 210 Å². The van der Waals surface area contributed by atoms with Crippen molar-refractivity contribution in [1.29, 1.82) is 10.5 Å². The van der Waals surface area contributed by atoms with Gasteiger partial charge in [-0.15, -0.1) is 0 Å². The Labute approximate surface area is 747 Å². The van der Waals surface area contributed by atoms with Crippen LogP contribution in [0.5, 0.6) is 0 Å². The number of benzene rings is 18. The highest BCUT2D eigenvalue weighted by molar-refractivity contribution is 6.34. The minimum atomic E-state index is 0.419. The summed E-state index contributed by atoms with van der Waals surface area (Å²) in [5, 5.41) is 38.6. The second-order valence-electron chi connectivity index (χ2n) is 34.7. The number of fused-ring (bicyclic) bond motifs is 24. The van der Waals surface area contributed by atoms with Crippen molar-refractivity contribution in [2.24, 2.45) is 0 Å². The second-order valence-corrected chi connectivity index (χ2v) is 34.7. The topological polar surface area (TPSA) is 86.9 Å². The maximum Gasteiger partial charge on any atom is 0.187 e. The van der Waals surface area contributed by atoms with E-state index in [-0.39, 0.29) is 0 Å². The van der Waals surface area contributed by atoms with E-state index in [1.54, 1.807) is 0 Å². The van der Waals surface area contributed by atoms with Gasteiger partial charge in [-0.2, -0.15) is 10.5 Å². The molecule has 0 radical (unpaired) electrons. The largest absolute Gasteiger partial charge is 0.310 e. The van der Waals surface area contributed by atoms with Crippen LogP contribution in [0.15, 0.2) is 376 Å². The monoisotopic (exact) mass is 1660 g/mol. The van der Waals surface area contributed by atoms with Gasteiger partial charge in [0.05, 0.1) is 125 Å². The van der Waals surface area contributed by atoms with Crippen molar-refractivity contribution in [3.63, 3.8) is 0 Å². The van der Waals surface area contributed by atoms with E-state index in [9.17, 15) is 10.5 Å². The molecule has 0 fully saturated rings. The van der Waals surface area contributed by atoms with E-state index in [0.717, 1.165) is 90.3 Å². The van der Waals surface area contributed by atoms with Gasteiger partial charge in [0.1, 0.15) is 0 Å². The van der Waals surface area contributed by atoms with Gasteiger partial charge >= 0.3 is 0 Å². The van der Waals surface area contributed by atoms with Crippen LogP contribution >= 0.6 is 0 Å².